The number of rotatable bonds is 5. The molecule has 1 saturated heterocycles. The molecule has 2 atom stereocenters. The highest BCUT2D eigenvalue weighted by Gasteiger charge is 2.28. The van der Waals surface area contributed by atoms with Gasteiger partial charge in [-0.05, 0) is 62.5 Å². The Morgan fingerprint density at radius 1 is 1.17 bits per heavy atom. The minimum atomic E-state index is -3.47. The van der Waals surface area contributed by atoms with Gasteiger partial charge in [0, 0.05) is 17.6 Å². The Morgan fingerprint density at radius 3 is 2.48 bits per heavy atom. The third-order valence-electron chi connectivity index (χ3n) is 4.43. The molecule has 2 unspecified atom stereocenters. The molecular formula is C16H23N3O3S. The molecule has 23 heavy (non-hydrogen) atoms. The van der Waals surface area contributed by atoms with Crippen molar-refractivity contribution >= 4 is 15.9 Å². The molecule has 7 heteroatoms. The zero-order valence-electron chi connectivity index (χ0n) is 13.2. The lowest BCUT2D eigenvalue weighted by Gasteiger charge is -2.30. The molecular weight excluding hydrogens is 314 g/mol. The Balaban J connectivity index is 1.65. The third kappa shape index (κ3) is 4.10. The average molecular weight is 337 g/mol. The Labute approximate surface area is 137 Å². The van der Waals surface area contributed by atoms with Crippen LogP contribution in [0.4, 0.5) is 0 Å². The molecule has 1 saturated carbocycles. The molecule has 1 aliphatic heterocycles. The largest absolute Gasteiger partial charge is 0.349 e. The van der Waals surface area contributed by atoms with Gasteiger partial charge in [-0.3, -0.25) is 4.79 Å². The number of sulfonamides is 1. The van der Waals surface area contributed by atoms with Crippen molar-refractivity contribution in [3.8, 4) is 0 Å². The first-order chi connectivity index (χ1) is 11.0. The van der Waals surface area contributed by atoms with Gasteiger partial charge < -0.3 is 10.6 Å². The van der Waals surface area contributed by atoms with Crippen LogP contribution in [0.3, 0.4) is 0 Å². The van der Waals surface area contributed by atoms with Crippen molar-refractivity contribution in [1.82, 2.24) is 15.4 Å². The lowest BCUT2D eigenvalue weighted by Crippen LogP contribution is -2.48. The summed E-state index contributed by atoms with van der Waals surface area (Å²) in [4.78, 5) is 12.5. The molecule has 0 bridgehead atoms. The van der Waals surface area contributed by atoms with E-state index in [-0.39, 0.29) is 22.9 Å². The van der Waals surface area contributed by atoms with Crippen LogP contribution in [0.2, 0.25) is 0 Å². The molecule has 3 rings (SSSR count). The number of hydrogen-bond acceptors (Lipinski definition) is 4. The van der Waals surface area contributed by atoms with Crippen LogP contribution in [0.25, 0.3) is 0 Å². The topological polar surface area (TPSA) is 87.3 Å². The Morgan fingerprint density at radius 2 is 1.87 bits per heavy atom. The van der Waals surface area contributed by atoms with Gasteiger partial charge in [-0.2, -0.15) is 0 Å². The number of benzene rings is 1. The second kappa shape index (κ2) is 6.59. The summed E-state index contributed by atoms with van der Waals surface area (Å²) in [5, 5.41) is 6.34. The fourth-order valence-corrected chi connectivity index (χ4v) is 4.06. The van der Waals surface area contributed by atoms with Gasteiger partial charge in [-0.25, -0.2) is 13.1 Å². The Bertz CT molecular complexity index is 668. The minimum absolute atomic E-state index is 0.0735. The lowest BCUT2D eigenvalue weighted by atomic mass is 9.95. The number of carbonyl (C=O) groups is 1. The van der Waals surface area contributed by atoms with E-state index in [0.717, 1.165) is 32.4 Å². The summed E-state index contributed by atoms with van der Waals surface area (Å²) in [6.45, 7) is 3.91. The minimum Gasteiger partial charge on any atom is -0.349 e. The van der Waals surface area contributed by atoms with E-state index in [1.807, 2.05) is 0 Å². The van der Waals surface area contributed by atoms with Gasteiger partial charge in [0.1, 0.15) is 0 Å². The van der Waals surface area contributed by atoms with Crippen LogP contribution in [-0.2, 0) is 10.0 Å². The standard InChI is InChI=1S/C16H23N3O3S/c1-11-10-17-9-8-15(11)18-16(20)12-2-6-14(7-3-12)23(21,22)19-13-4-5-13/h2-3,6-7,11,13,15,17,19H,4-5,8-10H2,1H3,(H,18,20). The number of nitrogens with one attached hydrogen (secondary N) is 3. The maximum Gasteiger partial charge on any atom is 0.251 e. The smallest absolute Gasteiger partial charge is 0.251 e. The molecule has 1 amide bonds. The quantitative estimate of drug-likeness (QED) is 0.743. The zero-order valence-corrected chi connectivity index (χ0v) is 14.0. The lowest BCUT2D eigenvalue weighted by molar-refractivity contribution is 0.0914. The van der Waals surface area contributed by atoms with E-state index in [1.54, 1.807) is 12.1 Å². The van der Waals surface area contributed by atoms with Crippen LogP contribution >= 0.6 is 0 Å². The molecule has 6 nitrogen and oxygen atoms in total. The maximum absolute atomic E-state index is 12.3. The number of piperidine rings is 1. The van der Waals surface area contributed by atoms with Gasteiger partial charge in [-0.1, -0.05) is 6.92 Å². The van der Waals surface area contributed by atoms with Gasteiger partial charge >= 0.3 is 0 Å². The highest BCUT2D eigenvalue weighted by atomic mass is 32.2. The molecule has 1 aromatic carbocycles. The average Bonchev–Trinajstić information content (AvgIpc) is 3.33. The summed E-state index contributed by atoms with van der Waals surface area (Å²) < 4.78 is 26.8. The normalized spacial score (nSPS) is 25.1. The van der Waals surface area contributed by atoms with Crippen molar-refractivity contribution in [1.29, 1.82) is 0 Å². The monoisotopic (exact) mass is 337 g/mol. The summed E-state index contributed by atoms with van der Waals surface area (Å²) in [6.07, 6.45) is 2.70. The van der Waals surface area contributed by atoms with Crippen LogP contribution in [0.15, 0.2) is 29.2 Å². The van der Waals surface area contributed by atoms with E-state index in [2.05, 4.69) is 22.3 Å². The Kier molecular flexibility index (Phi) is 4.70. The van der Waals surface area contributed by atoms with Crippen molar-refractivity contribution in [3.05, 3.63) is 29.8 Å². The first-order valence-corrected chi connectivity index (χ1v) is 9.58. The van der Waals surface area contributed by atoms with E-state index < -0.39 is 10.0 Å². The van der Waals surface area contributed by atoms with Crippen LogP contribution in [0.1, 0.15) is 36.5 Å². The molecule has 0 spiro atoms. The molecule has 3 N–H and O–H groups in total. The van der Waals surface area contributed by atoms with Crippen molar-refractivity contribution in [2.75, 3.05) is 13.1 Å². The summed E-state index contributed by atoms with van der Waals surface area (Å²) >= 11 is 0. The number of hydrogen-bond donors (Lipinski definition) is 3. The van der Waals surface area contributed by atoms with Crippen LogP contribution in [-0.4, -0.2) is 39.5 Å². The highest BCUT2D eigenvalue weighted by Crippen LogP contribution is 2.22. The predicted octanol–water partition coefficient (Wildman–Crippen LogP) is 0.855. The van der Waals surface area contributed by atoms with E-state index in [9.17, 15) is 13.2 Å². The summed E-state index contributed by atoms with van der Waals surface area (Å²) in [5.41, 5.74) is 0.487. The summed E-state index contributed by atoms with van der Waals surface area (Å²) in [5.74, 6) is 0.234. The van der Waals surface area contributed by atoms with Gasteiger partial charge in [-0.15, -0.1) is 0 Å². The molecule has 126 valence electrons. The molecule has 0 aromatic heterocycles. The van der Waals surface area contributed by atoms with Gasteiger partial charge in [0.25, 0.3) is 5.91 Å². The molecule has 0 radical (unpaired) electrons. The van der Waals surface area contributed by atoms with E-state index >= 15 is 0 Å². The fraction of sp³-hybridized carbons (Fsp3) is 0.562. The Hall–Kier alpha value is -1.44. The van der Waals surface area contributed by atoms with Crippen LogP contribution < -0.4 is 15.4 Å². The molecule has 1 aliphatic carbocycles. The molecule has 2 aliphatic rings. The van der Waals surface area contributed by atoms with E-state index in [1.165, 1.54) is 12.1 Å². The third-order valence-corrected chi connectivity index (χ3v) is 5.96. The van der Waals surface area contributed by atoms with Crippen molar-refractivity contribution in [3.63, 3.8) is 0 Å². The van der Waals surface area contributed by atoms with Crippen LogP contribution in [0, 0.1) is 5.92 Å². The van der Waals surface area contributed by atoms with Crippen molar-refractivity contribution < 1.29 is 13.2 Å². The van der Waals surface area contributed by atoms with Crippen molar-refractivity contribution in [2.45, 2.75) is 43.2 Å². The van der Waals surface area contributed by atoms with Gasteiger partial charge in [0.2, 0.25) is 10.0 Å². The highest BCUT2D eigenvalue weighted by molar-refractivity contribution is 7.89. The number of amides is 1. The summed E-state index contributed by atoms with van der Waals surface area (Å²) in [6, 6.07) is 6.36. The number of carbonyl (C=O) groups excluding carboxylic acids is 1. The first kappa shape index (κ1) is 16.4. The fourth-order valence-electron chi connectivity index (χ4n) is 2.75. The summed E-state index contributed by atoms with van der Waals surface area (Å²) in [7, 11) is -3.47. The second-order valence-electron chi connectivity index (χ2n) is 6.47. The van der Waals surface area contributed by atoms with Crippen molar-refractivity contribution in [2.24, 2.45) is 5.92 Å². The molecule has 1 aromatic rings. The molecule has 2 fully saturated rings. The molecule has 1 heterocycles. The second-order valence-corrected chi connectivity index (χ2v) is 8.18. The maximum atomic E-state index is 12.3. The predicted molar refractivity (Wildman–Crippen MR) is 87.7 cm³/mol. The van der Waals surface area contributed by atoms with E-state index in [4.69, 9.17) is 0 Å². The van der Waals surface area contributed by atoms with E-state index in [0.29, 0.717) is 11.5 Å². The SMILES string of the molecule is CC1CNCCC1NC(=O)c1ccc(S(=O)(=O)NC2CC2)cc1. The first-order valence-electron chi connectivity index (χ1n) is 8.10. The van der Waals surface area contributed by atoms with Gasteiger partial charge in [0.05, 0.1) is 4.90 Å². The van der Waals surface area contributed by atoms with Crippen LogP contribution in [0.5, 0.6) is 0 Å². The zero-order chi connectivity index (χ0) is 16.4. The van der Waals surface area contributed by atoms with Gasteiger partial charge in [0.15, 0.2) is 0 Å².